The van der Waals surface area contributed by atoms with Gasteiger partial charge >= 0.3 is 0 Å². The number of nitrogens with zero attached hydrogens (tertiary/aromatic N) is 1. The van der Waals surface area contributed by atoms with Crippen LogP contribution in [0.25, 0.3) is 6.08 Å². The highest BCUT2D eigenvalue weighted by Crippen LogP contribution is 2.28. The highest BCUT2D eigenvalue weighted by molar-refractivity contribution is 6.30. The number of carbonyl (C=O) groups excluding carboxylic acids is 1. The van der Waals surface area contributed by atoms with Crippen molar-refractivity contribution in [2.75, 3.05) is 19.5 Å². The van der Waals surface area contributed by atoms with Crippen LogP contribution in [-0.4, -0.2) is 20.1 Å². The van der Waals surface area contributed by atoms with Crippen molar-refractivity contribution in [1.82, 2.24) is 0 Å². The Morgan fingerprint density at radius 2 is 1.75 bits per heavy atom. The third kappa shape index (κ3) is 6.03. The van der Waals surface area contributed by atoms with E-state index < -0.39 is 5.91 Å². The molecule has 0 aliphatic carbocycles. The predicted octanol–water partition coefficient (Wildman–Crippen LogP) is 5.48. The van der Waals surface area contributed by atoms with Gasteiger partial charge in [0.2, 0.25) is 0 Å². The normalized spacial score (nSPS) is 10.8. The van der Waals surface area contributed by atoms with Crippen LogP contribution in [0.2, 0.25) is 5.02 Å². The first-order valence-corrected chi connectivity index (χ1v) is 10.0. The van der Waals surface area contributed by atoms with Gasteiger partial charge in [-0.25, -0.2) is 0 Å². The van der Waals surface area contributed by atoms with E-state index in [2.05, 4.69) is 5.32 Å². The van der Waals surface area contributed by atoms with E-state index in [-0.39, 0.29) is 12.2 Å². The maximum absolute atomic E-state index is 12.6. The van der Waals surface area contributed by atoms with Gasteiger partial charge in [0.05, 0.1) is 14.2 Å². The number of nitrogens with one attached hydrogen (secondary N) is 1. The molecule has 162 valence electrons. The first-order valence-electron chi connectivity index (χ1n) is 9.65. The lowest BCUT2D eigenvalue weighted by atomic mass is 10.1. The highest BCUT2D eigenvalue weighted by atomic mass is 35.5. The molecule has 1 N–H and O–H groups in total. The van der Waals surface area contributed by atoms with Gasteiger partial charge in [-0.15, -0.1) is 0 Å². The molecule has 32 heavy (non-hydrogen) atoms. The molecule has 0 aliphatic heterocycles. The number of hydrogen-bond acceptors (Lipinski definition) is 5. The molecule has 3 aromatic rings. The quantitative estimate of drug-likeness (QED) is 0.364. The van der Waals surface area contributed by atoms with E-state index in [0.717, 1.165) is 5.56 Å². The van der Waals surface area contributed by atoms with Crippen LogP contribution in [0.5, 0.6) is 17.2 Å². The average molecular weight is 449 g/mol. The number of rotatable bonds is 8. The second-order valence-electron chi connectivity index (χ2n) is 6.67. The molecule has 0 bridgehead atoms. The number of methoxy groups -OCH3 is 2. The molecule has 0 aromatic heterocycles. The zero-order valence-electron chi connectivity index (χ0n) is 17.6. The molecule has 0 fully saturated rings. The number of hydrogen-bond donors (Lipinski definition) is 1. The van der Waals surface area contributed by atoms with Crippen molar-refractivity contribution in [3.05, 3.63) is 88.5 Å². The first kappa shape index (κ1) is 22.7. The summed E-state index contributed by atoms with van der Waals surface area (Å²) in [5, 5.41) is 12.9. The van der Waals surface area contributed by atoms with Crippen molar-refractivity contribution in [1.29, 1.82) is 5.26 Å². The van der Waals surface area contributed by atoms with E-state index in [9.17, 15) is 10.1 Å². The van der Waals surface area contributed by atoms with Gasteiger partial charge < -0.3 is 19.5 Å². The number of nitriles is 1. The molecule has 0 atom stereocenters. The second-order valence-corrected chi connectivity index (χ2v) is 7.11. The van der Waals surface area contributed by atoms with Crippen molar-refractivity contribution in [3.63, 3.8) is 0 Å². The highest BCUT2D eigenvalue weighted by Gasteiger charge is 2.13. The Morgan fingerprint density at radius 1 is 1.03 bits per heavy atom. The summed E-state index contributed by atoms with van der Waals surface area (Å²) >= 11 is 6.04. The number of amides is 1. The molecule has 3 aromatic carbocycles. The lowest BCUT2D eigenvalue weighted by Crippen LogP contribution is -2.13. The third-order valence-electron chi connectivity index (χ3n) is 4.52. The molecule has 0 saturated carbocycles. The molecule has 0 unspecified atom stereocenters. The van der Waals surface area contributed by atoms with Gasteiger partial charge in [-0.1, -0.05) is 23.7 Å². The molecule has 0 saturated heterocycles. The van der Waals surface area contributed by atoms with Crippen LogP contribution in [0.3, 0.4) is 0 Å². The number of benzene rings is 3. The zero-order chi connectivity index (χ0) is 22.9. The summed E-state index contributed by atoms with van der Waals surface area (Å²) in [7, 11) is 3.11. The van der Waals surface area contributed by atoms with Gasteiger partial charge in [0.15, 0.2) is 0 Å². The van der Waals surface area contributed by atoms with Crippen molar-refractivity contribution >= 4 is 29.3 Å². The van der Waals surface area contributed by atoms with E-state index in [1.54, 1.807) is 68.8 Å². The summed E-state index contributed by atoms with van der Waals surface area (Å²) in [5.41, 5.74) is 1.92. The van der Waals surface area contributed by atoms with Crippen LogP contribution in [0.15, 0.2) is 72.3 Å². The molecule has 0 spiro atoms. The summed E-state index contributed by atoms with van der Waals surface area (Å²) in [5.74, 6) is 1.19. The van der Waals surface area contributed by atoms with Crippen LogP contribution in [0, 0.1) is 11.3 Å². The fourth-order valence-electron chi connectivity index (χ4n) is 2.85. The van der Waals surface area contributed by atoms with E-state index in [1.165, 1.54) is 6.08 Å². The van der Waals surface area contributed by atoms with Gasteiger partial charge in [0, 0.05) is 22.3 Å². The third-order valence-corrected chi connectivity index (χ3v) is 4.75. The Labute approximate surface area is 191 Å². The molecule has 7 heteroatoms. The Kier molecular flexibility index (Phi) is 7.74. The summed E-state index contributed by atoms with van der Waals surface area (Å²) < 4.78 is 16.3. The zero-order valence-corrected chi connectivity index (χ0v) is 18.3. The van der Waals surface area contributed by atoms with E-state index in [1.807, 2.05) is 18.2 Å². The Balaban J connectivity index is 1.83. The summed E-state index contributed by atoms with van der Waals surface area (Å²) in [6, 6.07) is 21.3. The molecule has 0 heterocycles. The average Bonchev–Trinajstić information content (AvgIpc) is 2.82. The Morgan fingerprint density at radius 3 is 2.41 bits per heavy atom. The van der Waals surface area contributed by atoms with E-state index in [0.29, 0.717) is 33.5 Å². The fourth-order valence-corrected chi connectivity index (χ4v) is 3.06. The fraction of sp³-hybridized carbons (Fsp3) is 0.120. The Hall–Kier alpha value is -3.95. The molecule has 0 radical (unpaired) electrons. The van der Waals surface area contributed by atoms with Crippen molar-refractivity contribution < 1.29 is 19.0 Å². The number of carbonyl (C=O) groups is 1. The molecular weight excluding hydrogens is 428 g/mol. The minimum absolute atomic E-state index is 0.0707. The molecular formula is C25H21ClN2O4. The standard InChI is InChI=1S/C25H21ClN2O4/c1-30-22-10-7-21(8-11-22)28-25(29)19(15-27)13-18-6-9-23(31-2)14-24(18)32-16-17-4-3-5-20(26)12-17/h3-14H,16H2,1-2H3,(H,28,29)/b19-13+. The van der Waals surface area contributed by atoms with Crippen LogP contribution < -0.4 is 19.5 Å². The number of anilines is 1. The van der Waals surface area contributed by atoms with Crippen LogP contribution >= 0.6 is 11.6 Å². The lowest BCUT2D eigenvalue weighted by molar-refractivity contribution is -0.112. The smallest absolute Gasteiger partial charge is 0.266 e. The van der Waals surface area contributed by atoms with Crippen molar-refractivity contribution in [2.24, 2.45) is 0 Å². The van der Waals surface area contributed by atoms with Gasteiger partial charge in [0.1, 0.15) is 35.5 Å². The summed E-state index contributed by atoms with van der Waals surface area (Å²) in [4.78, 5) is 12.6. The maximum atomic E-state index is 12.6. The van der Waals surface area contributed by atoms with Crippen LogP contribution in [-0.2, 0) is 11.4 Å². The molecule has 3 rings (SSSR count). The van der Waals surface area contributed by atoms with Gasteiger partial charge in [-0.2, -0.15) is 5.26 Å². The lowest BCUT2D eigenvalue weighted by Gasteiger charge is -2.12. The number of ether oxygens (including phenoxy) is 3. The first-order chi connectivity index (χ1) is 15.5. The predicted molar refractivity (Wildman–Crippen MR) is 124 cm³/mol. The minimum atomic E-state index is -0.533. The maximum Gasteiger partial charge on any atom is 0.266 e. The van der Waals surface area contributed by atoms with Gasteiger partial charge in [-0.3, -0.25) is 4.79 Å². The van der Waals surface area contributed by atoms with E-state index >= 15 is 0 Å². The SMILES string of the molecule is COc1ccc(NC(=O)/C(C#N)=C/c2ccc(OC)cc2OCc2cccc(Cl)c2)cc1. The summed E-state index contributed by atoms with van der Waals surface area (Å²) in [6.07, 6.45) is 1.48. The van der Waals surface area contributed by atoms with Gasteiger partial charge in [0.25, 0.3) is 5.91 Å². The molecule has 0 aliphatic rings. The van der Waals surface area contributed by atoms with Crippen LogP contribution in [0.4, 0.5) is 5.69 Å². The largest absolute Gasteiger partial charge is 0.497 e. The Bertz CT molecular complexity index is 1170. The monoisotopic (exact) mass is 448 g/mol. The molecule has 1 amide bonds. The van der Waals surface area contributed by atoms with E-state index in [4.69, 9.17) is 25.8 Å². The summed E-state index contributed by atoms with van der Waals surface area (Å²) in [6.45, 7) is 0.258. The number of halogens is 1. The second kappa shape index (κ2) is 10.9. The van der Waals surface area contributed by atoms with Crippen molar-refractivity contribution in [2.45, 2.75) is 6.61 Å². The minimum Gasteiger partial charge on any atom is -0.497 e. The van der Waals surface area contributed by atoms with Crippen LogP contribution in [0.1, 0.15) is 11.1 Å². The molecule has 6 nitrogen and oxygen atoms in total. The van der Waals surface area contributed by atoms with Gasteiger partial charge in [-0.05, 0) is 60.2 Å². The van der Waals surface area contributed by atoms with Crippen molar-refractivity contribution in [3.8, 4) is 23.3 Å². The topological polar surface area (TPSA) is 80.6 Å².